The van der Waals surface area contributed by atoms with Crippen LogP contribution in [-0.4, -0.2) is 46.3 Å². The van der Waals surface area contributed by atoms with E-state index >= 15 is 0 Å². The Morgan fingerprint density at radius 2 is 2.20 bits per heavy atom. The van der Waals surface area contributed by atoms with Gasteiger partial charge in [0.05, 0.1) is 24.8 Å². The van der Waals surface area contributed by atoms with Crippen molar-refractivity contribution in [1.29, 1.82) is 0 Å². The number of nitrogens with zero attached hydrogens (tertiary/aromatic N) is 4. The molecule has 2 aromatic heterocycles. The van der Waals surface area contributed by atoms with Crippen LogP contribution in [0.2, 0.25) is 0 Å². The summed E-state index contributed by atoms with van der Waals surface area (Å²) < 4.78 is 19.9. The van der Waals surface area contributed by atoms with Gasteiger partial charge in [-0.3, -0.25) is 0 Å². The van der Waals surface area contributed by atoms with Gasteiger partial charge in [0.2, 0.25) is 5.95 Å². The van der Waals surface area contributed by atoms with Crippen LogP contribution >= 0.6 is 0 Å². The Balaban J connectivity index is 1.40. The highest BCUT2D eigenvalue weighted by Gasteiger charge is 2.46. The van der Waals surface area contributed by atoms with Gasteiger partial charge in [-0.1, -0.05) is 6.92 Å². The normalized spacial score (nSPS) is 25.7. The van der Waals surface area contributed by atoms with Crippen molar-refractivity contribution >= 4 is 11.8 Å². The van der Waals surface area contributed by atoms with Gasteiger partial charge in [0.1, 0.15) is 0 Å². The van der Waals surface area contributed by atoms with Crippen LogP contribution in [0.3, 0.4) is 0 Å². The lowest BCUT2D eigenvalue weighted by Crippen LogP contribution is -2.34. The number of halogens is 1. The average Bonchev–Trinajstić information content (AvgIpc) is 3.24. The van der Waals surface area contributed by atoms with E-state index in [0.717, 1.165) is 43.9 Å². The molecule has 0 saturated carbocycles. The molecule has 2 saturated heterocycles. The van der Waals surface area contributed by atoms with Crippen LogP contribution in [0.4, 0.5) is 16.2 Å². The summed E-state index contributed by atoms with van der Waals surface area (Å²) in [4.78, 5) is 15.2. The SMILES string of the molecule is CCc1cnc(N2CC[C@]3(C[C@@H](Nc4ncccc4F)CO3)C2)nc1. The summed E-state index contributed by atoms with van der Waals surface area (Å²) in [7, 11) is 0. The van der Waals surface area contributed by atoms with E-state index in [1.54, 1.807) is 12.3 Å². The molecule has 2 aliphatic heterocycles. The topological polar surface area (TPSA) is 63.2 Å². The zero-order valence-corrected chi connectivity index (χ0v) is 14.3. The molecule has 2 atom stereocenters. The molecule has 0 amide bonds. The van der Waals surface area contributed by atoms with Crippen LogP contribution in [0.25, 0.3) is 0 Å². The molecular formula is C18H22FN5O. The van der Waals surface area contributed by atoms with Crippen LogP contribution in [-0.2, 0) is 11.2 Å². The lowest BCUT2D eigenvalue weighted by molar-refractivity contribution is 0.0228. The molecule has 2 aromatic rings. The molecule has 1 spiro atoms. The highest BCUT2D eigenvalue weighted by atomic mass is 19.1. The Hall–Kier alpha value is -2.28. The first-order valence-corrected chi connectivity index (χ1v) is 8.74. The molecule has 4 heterocycles. The van der Waals surface area contributed by atoms with Gasteiger partial charge in [0.25, 0.3) is 0 Å². The fourth-order valence-corrected chi connectivity index (χ4v) is 3.62. The maximum Gasteiger partial charge on any atom is 0.225 e. The third kappa shape index (κ3) is 3.28. The van der Waals surface area contributed by atoms with Crippen LogP contribution in [0.5, 0.6) is 0 Å². The minimum atomic E-state index is -0.332. The Labute approximate surface area is 146 Å². The van der Waals surface area contributed by atoms with Crippen molar-refractivity contribution in [3.8, 4) is 0 Å². The standard InChI is InChI=1S/C18H22FN5O/c1-2-13-9-21-17(22-10-13)24-7-5-18(12-24)8-14(11-25-18)23-16-15(19)4-3-6-20-16/h3-4,6,9-10,14H,2,5,7-8,11-12H2,1H3,(H,20,23)/t14-,18+/m1/s1. The second-order valence-corrected chi connectivity index (χ2v) is 6.79. The molecule has 0 aromatic carbocycles. The van der Waals surface area contributed by atoms with Gasteiger partial charge in [-0.05, 0) is 30.5 Å². The molecule has 132 valence electrons. The zero-order valence-electron chi connectivity index (χ0n) is 14.3. The highest BCUT2D eigenvalue weighted by molar-refractivity contribution is 5.38. The summed E-state index contributed by atoms with van der Waals surface area (Å²) in [6.45, 7) is 4.28. The van der Waals surface area contributed by atoms with Crippen molar-refractivity contribution in [1.82, 2.24) is 15.0 Å². The molecule has 0 radical (unpaired) electrons. The number of hydrogen-bond acceptors (Lipinski definition) is 6. The number of anilines is 2. The largest absolute Gasteiger partial charge is 0.371 e. The monoisotopic (exact) mass is 343 g/mol. The molecule has 0 bridgehead atoms. The second-order valence-electron chi connectivity index (χ2n) is 6.79. The van der Waals surface area contributed by atoms with E-state index in [1.165, 1.54) is 6.07 Å². The predicted octanol–water partition coefficient (Wildman–Crippen LogP) is 2.42. The van der Waals surface area contributed by atoms with Crippen molar-refractivity contribution in [2.75, 3.05) is 29.9 Å². The first-order chi connectivity index (χ1) is 12.2. The molecule has 2 aliphatic rings. The van der Waals surface area contributed by atoms with E-state index in [-0.39, 0.29) is 17.5 Å². The summed E-state index contributed by atoms with van der Waals surface area (Å²) in [6, 6.07) is 3.06. The molecule has 0 unspecified atom stereocenters. The smallest absolute Gasteiger partial charge is 0.225 e. The quantitative estimate of drug-likeness (QED) is 0.920. The molecule has 0 aliphatic carbocycles. The second kappa shape index (κ2) is 6.55. The number of nitrogens with one attached hydrogen (secondary N) is 1. The molecule has 7 heteroatoms. The minimum Gasteiger partial charge on any atom is -0.371 e. The van der Waals surface area contributed by atoms with Gasteiger partial charge in [0.15, 0.2) is 11.6 Å². The van der Waals surface area contributed by atoms with Crippen LogP contribution in [0, 0.1) is 5.82 Å². The van der Waals surface area contributed by atoms with E-state index in [0.29, 0.717) is 12.4 Å². The fraction of sp³-hybridized carbons (Fsp3) is 0.500. The van der Waals surface area contributed by atoms with Crippen LogP contribution < -0.4 is 10.2 Å². The number of ether oxygens (including phenoxy) is 1. The highest BCUT2D eigenvalue weighted by Crippen LogP contribution is 2.37. The van der Waals surface area contributed by atoms with E-state index in [1.807, 2.05) is 12.4 Å². The zero-order chi connectivity index (χ0) is 17.3. The van der Waals surface area contributed by atoms with Gasteiger partial charge >= 0.3 is 0 Å². The van der Waals surface area contributed by atoms with Gasteiger partial charge in [-0.15, -0.1) is 0 Å². The van der Waals surface area contributed by atoms with Gasteiger partial charge in [-0.25, -0.2) is 19.3 Å². The van der Waals surface area contributed by atoms with Crippen molar-refractivity contribution in [2.24, 2.45) is 0 Å². The van der Waals surface area contributed by atoms with Crippen molar-refractivity contribution in [3.05, 3.63) is 42.1 Å². The number of rotatable bonds is 4. The Morgan fingerprint density at radius 1 is 1.36 bits per heavy atom. The van der Waals surface area contributed by atoms with Crippen molar-refractivity contribution < 1.29 is 9.13 Å². The molecule has 6 nitrogen and oxygen atoms in total. The molecular weight excluding hydrogens is 321 g/mol. The maximum atomic E-state index is 13.8. The number of aryl methyl sites for hydroxylation is 1. The van der Waals surface area contributed by atoms with E-state index < -0.39 is 0 Å². The fourth-order valence-electron chi connectivity index (χ4n) is 3.62. The number of pyridine rings is 1. The lowest BCUT2D eigenvalue weighted by atomic mass is 9.97. The summed E-state index contributed by atoms with van der Waals surface area (Å²) in [5.74, 6) is 0.715. The minimum absolute atomic E-state index is 0.0627. The average molecular weight is 343 g/mol. The molecule has 4 rings (SSSR count). The Kier molecular flexibility index (Phi) is 4.25. The summed E-state index contributed by atoms with van der Waals surface area (Å²) >= 11 is 0. The number of hydrogen-bond donors (Lipinski definition) is 1. The van der Waals surface area contributed by atoms with Crippen molar-refractivity contribution in [2.45, 2.75) is 37.8 Å². The lowest BCUT2D eigenvalue weighted by Gasteiger charge is -2.23. The molecule has 25 heavy (non-hydrogen) atoms. The Morgan fingerprint density at radius 3 is 2.96 bits per heavy atom. The summed E-state index contributed by atoms with van der Waals surface area (Å²) in [5, 5.41) is 3.17. The predicted molar refractivity (Wildman–Crippen MR) is 93.1 cm³/mol. The van der Waals surface area contributed by atoms with Gasteiger partial charge in [0, 0.05) is 31.6 Å². The summed E-state index contributed by atoms with van der Waals surface area (Å²) in [5.41, 5.74) is 0.923. The van der Waals surface area contributed by atoms with Gasteiger partial charge in [-0.2, -0.15) is 0 Å². The third-order valence-corrected chi connectivity index (χ3v) is 5.01. The van der Waals surface area contributed by atoms with Gasteiger partial charge < -0.3 is 15.0 Å². The Bertz CT molecular complexity index is 741. The third-order valence-electron chi connectivity index (χ3n) is 5.01. The first kappa shape index (κ1) is 16.2. The summed E-state index contributed by atoms with van der Waals surface area (Å²) in [6.07, 6.45) is 8.05. The van der Waals surface area contributed by atoms with E-state index in [2.05, 4.69) is 32.1 Å². The maximum absolute atomic E-state index is 13.8. The van der Waals surface area contributed by atoms with Crippen LogP contribution in [0.15, 0.2) is 30.7 Å². The van der Waals surface area contributed by atoms with Crippen molar-refractivity contribution in [3.63, 3.8) is 0 Å². The van der Waals surface area contributed by atoms with E-state index in [4.69, 9.17) is 4.74 Å². The first-order valence-electron chi connectivity index (χ1n) is 8.74. The van der Waals surface area contributed by atoms with Crippen LogP contribution in [0.1, 0.15) is 25.3 Å². The van der Waals surface area contributed by atoms with E-state index in [9.17, 15) is 4.39 Å². The molecule has 2 fully saturated rings. The number of aromatic nitrogens is 3. The molecule has 1 N–H and O–H groups in total.